The van der Waals surface area contributed by atoms with Crippen molar-refractivity contribution in [2.24, 2.45) is 0 Å². The molecule has 59 heavy (non-hydrogen) atoms. The zero-order valence-electron chi connectivity index (χ0n) is 33.7. The molecule has 1 aliphatic carbocycles. The zero-order chi connectivity index (χ0) is 41.2. The minimum Gasteiger partial charge on any atom is -0.392 e. The van der Waals surface area contributed by atoms with Crippen molar-refractivity contribution in [1.82, 2.24) is 14.9 Å². The third-order valence-electron chi connectivity index (χ3n) is 11.4. The van der Waals surface area contributed by atoms with Gasteiger partial charge in [-0.3, -0.25) is 9.69 Å². The Morgan fingerprint density at radius 1 is 0.831 bits per heavy atom. The van der Waals surface area contributed by atoms with Gasteiger partial charge in [-0.1, -0.05) is 134 Å². The largest absolute Gasteiger partial charge is 0.392 e. The molecule has 0 aromatic heterocycles. The highest BCUT2D eigenvalue weighted by atomic mass is 32.2. The van der Waals surface area contributed by atoms with Crippen molar-refractivity contribution in [2.75, 3.05) is 13.1 Å². The van der Waals surface area contributed by atoms with Gasteiger partial charge >= 0.3 is 0 Å². The van der Waals surface area contributed by atoms with Gasteiger partial charge in [-0.2, -0.15) is 4.72 Å². The molecule has 7 rings (SSSR count). The SMILES string of the molecule is C=CCN(C[C@@H]1C[C@H](c2ccc(CO)cc2)O[C@H](c2ccc(-c3cccc(CNC(=O)[C@@H](Cc4ccccc4)NS(=O)(=O)c4ccc(C)cc4)c3)cc2)O1)C1CCCC1. The fourth-order valence-corrected chi connectivity index (χ4v) is 9.31. The van der Waals surface area contributed by atoms with Gasteiger partial charge in [0, 0.05) is 37.7 Å². The lowest BCUT2D eigenvalue weighted by atomic mass is 9.98. The molecule has 3 N–H and O–H groups in total. The number of rotatable bonds is 17. The molecule has 1 aliphatic heterocycles. The summed E-state index contributed by atoms with van der Waals surface area (Å²) >= 11 is 0. The first-order valence-electron chi connectivity index (χ1n) is 20.6. The minimum absolute atomic E-state index is 0.00390. The lowest BCUT2D eigenvalue weighted by Crippen LogP contribution is -2.47. The number of carbonyl (C=O) groups is 1. The van der Waals surface area contributed by atoms with Crippen LogP contribution >= 0.6 is 0 Å². The number of ether oxygens (including phenoxy) is 2. The third-order valence-corrected chi connectivity index (χ3v) is 12.9. The summed E-state index contributed by atoms with van der Waals surface area (Å²) in [4.78, 5) is 16.3. The van der Waals surface area contributed by atoms with Crippen LogP contribution in [0.1, 0.15) is 77.9 Å². The van der Waals surface area contributed by atoms with Crippen LogP contribution in [0.2, 0.25) is 0 Å². The summed E-state index contributed by atoms with van der Waals surface area (Å²) in [5, 5.41) is 12.6. The van der Waals surface area contributed by atoms with Gasteiger partial charge in [0.2, 0.25) is 15.9 Å². The van der Waals surface area contributed by atoms with Gasteiger partial charge in [-0.15, -0.1) is 6.58 Å². The Labute approximate surface area is 349 Å². The third kappa shape index (κ3) is 11.2. The smallest absolute Gasteiger partial charge is 0.241 e. The maximum absolute atomic E-state index is 13.7. The minimum atomic E-state index is -3.96. The van der Waals surface area contributed by atoms with Gasteiger partial charge in [0.05, 0.1) is 23.7 Å². The first-order chi connectivity index (χ1) is 28.7. The highest BCUT2D eigenvalue weighted by Gasteiger charge is 2.35. The van der Waals surface area contributed by atoms with E-state index < -0.39 is 28.3 Å². The van der Waals surface area contributed by atoms with Crippen LogP contribution in [0, 0.1) is 6.92 Å². The van der Waals surface area contributed by atoms with Gasteiger partial charge in [0.1, 0.15) is 6.04 Å². The lowest BCUT2D eigenvalue weighted by molar-refractivity contribution is -0.253. The number of nitrogens with zero attached hydrogens (tertiary/aromatic N) is 1. The van der Waals surface area contributed by atoms with E-state index in [4.69, 9.17) is 9.47 Å². The van der Waals surface area contributed by atoms with Gasteiger partial charge in [-0.25, -0.2) is 8.42 Å². The average molecular weight is 814 g/mol. The molecule has 1 saturated heterocycles. The van der Waals surface area contributed by atoms with E-state index >= 15 is 0 Å². The van der Waals surface area contributed by atoms with Crippen LogP contribution in [0.5, 0.6) is 0 Å². The molecule has 10 heteroatoms. The molecule has 0 unspecified atom stereocenters. The molecule has 308 valence electrons. The van der Waals surface area contributed by atoms with E-state index in [1.165, 1.54) is 25.7 Å². The molecule has 0 spiro atoms. The van der Waals surface area contributed by atoms with Crippen LogP contribution < -0.4 is 10.0 Å². The van der Waals surface area contributed by atoms with Gasteiger partial charge in [0.25, 0.3) is 0 Å². The predicted octanol–water partition coefficient (Wildman–Crippen LogP) is 8.34. The predicted molar refractivity (Wildman–Crippen MR) is 232 cm³/mol. The van der Waals surface area contributed by atoms with E-state index in [0.29, 0.717) is 6.04 Å². The first-order valence-corrected chi connectivity index (χ1v) is 22.1. The summed E-state index contributed by atoms with van der Waals surface area (Å²) in [5.41, 5.74) is 7.49. The maximum atomic E-state index is 13.7. The molecular weight excluding hydrogens is 759 g/mol. The van der Waals surface area contributed by atoms with Crippen LogP contribution in [0.15, 0.2) is 145 Å². The van der Waals surface area contributed by atoms with Gasteiger partial charge in [-0.05, 0) is 77.8 Å². The molecule has 1 saturated carbocycles. The molecule has 9 nitrogen and oxygen atoms in total. The monoisotopic (exact) mass is 813 g/mol. The molecule has 0 bridgehead atoms. The van der Waals surface area contributed by atoms with Gasteiger partial charge < -0.3 is 19.9 Å². The second-order valence-corrected chi connectivity index (χ2v) is 17.5. The lowest BCUT2D eigenvalue weighted by Gasteiger charge is -2.39. The van der Waals surface area contributed by atoms with Crippen molar-refractivity contribution in [2.45, 2.75) is 94.1 Å². The normalized spacial score (nSPS) is 19.1. The molecule has 5 aromatic carbocycles. The van der Waals surface area contributed by atoms with Crippen molar-refractivity contribution in [3.05, 3.63) is 173 Å². The van der Waals surface area contributed by atoms with Crippen molar-refractivity contribution >= 4 is 15.9 Å². The number of aliphatic hydroxyl groups excluding tert-OH is 1. The number of nitrogens with one attached hydrogen (secondary N) is 2. The maximum Gasteiger partial charge on any atom is 0.241 e. The van der Waals surface area contributed by atoms with Crippen LogP contribution in [0.4, 0.5) is 0 Å². The Balaban J connectivity index is 1.04. The van der Waals surface area contributed by atoms with E-state index in [2.05, 4.69) is 45.8 Å². The van der Waals surface area contributed by atoms with E-state index in [9.17, 15) is 18.3 Å². The highest BCUT2D eigenvalue weighted by Crippen LogP contribution is 2.39. The molecule has 2 aliphatic rings. The average Bonchev–Trinajstić information content (AvgIpc) is 3.81. The standard InChI is InChI=1S/C49H55N3O6S/c1-3-28-52(43-14-7-8-15-43)33-44-31-47(40-20-18-37(34-53)19-21-40)58-49(57-44)41-24-22-39(23-25-41)42-13-9-12-38(29-42)32-50-48(54)46(30-36-10-5-4-6-11-36)51-59(55,56)45-26-16-35(2)17-27-45/h3-6,9-13,16-27,29,43-44,46-47,49,51,53H,1,7-8,14-15,28,30-34H2,2H3,(H,50,54)/t44-,46+,47+,49+/m0/s1. The Hall–Kier alpha value is -4.94. The van der Waals surface area contributed by atoms with Crippen molar-refractivity contribution in [3.8, 4) is 11.1 Å². The molecule has 1 amide bonds. The van der Waals surface area contributed by atoms with E-state index in [-0.39, 0.29) is 36.7 Å². The van der Waals surface area contributed by atoms with E-state index in [0.717, 1.165) is 64.0 Å². The molecule has 1 heterocycles. The molecular formula is C49H55N3O6S. The molecule has 2 fully saturated rings. The van der Waals surface area contributed by atoms with E-state index in [1.807, 2.05) is 91.9 Å². The molecule has 0 radical (unpaired) electrons. The number of sulfonamides is 1. The Morgan fingerprint density at radius 2 is 1.53 bits per heavy atom. The number of carbonyl (C=O) groups excluding carboxylic acids is 1. The topological polar surface area (TPSA) is 117 Å². The zero-order valence-corrected chi connectivity index (χ0v) is 34.5. The van der Waals surface area contributed by atoms with Crippen LogP contribution in [-0.2, 0) is 43.9 Å². The first kappa shape index (κ1) is 42.2. The number of amides is 1. The molecule has 4 atom stereocenters. The highest BCUT2D eigenvalue weighted by molar-refractivity contribution is 7.89. The van der Waals surface area contributed by atoms with Crippen LogP contribution in [-0.4, -0.2) is 55.6 Å². The van der Waals surface area contributed by atoms with E-state index in [1.54, 1.807) is 24.3 Å². The fourth-order valence-electron chi connectivity index (χ4n) is 8.12. The summed E-state index contributed by atoms with van der Waals surface area (Å²) in [6, 6.07) is 39.6. The Kier molecular flexibility index (Phi) is 14.2. The Morgan fingerprint density at radius 3 is 2.22 bits per heavy atom. The van der Waals surface area contributed by atoms with Crippen molar-refractivity contribution in [1.29, 1.82) is 0 Å². The summed E-state index contributed by atoms with van der Waals surface area (Å²) < 4.78 is 42.8. The number of aliphatic hydroxyl groups is 1. The van der Waals surface area contributed by atoms with Crippen molar-refractivity contribution < 1.29 is 27.8 Å². The number of aryl methyl sites for hydroxylation is 1. The number of benzene rings is 5. The summed E-state index contributed by atoms with van der Waals surface area (Å²) in [5.74, 6) is -0.413. The molecule has 5 aromatic rings. The fraction of sp³-hybridized carbons (Fsp3) is 0.327. The second-order valence-electron chi connectivity index (χ2n) is 15.7. The Bertz CT molecular complexity index is 2240. The van der Waals surface area contributed by atoms with Crippen LogP contribution in [0.25, 0.3) is 11.1 Å². The summed E-state index contributed by atoms with van der Waals surface area (Å²) in [6.45, 7) is 7.77. The summed E-state index contributed by atoms with van der Waals surface area (Å²) in [6.07, 6.45) is 7.05. The van der Waals surface area contributed by atoms with Crippen molar-refractivity contribution in [3.63, 3.8) is 0 Å². The quantitative estimate of drug-likeness (QED) is 0.0809. The number of hydrogen-bond donors (Lipinski definition) is 3. The number of hydrogen-bond acceptors (Lipinski definition) is 7. The van der Waals surface area contributed by atoms with Crippen LogP contribution in [0.3, 0.4) is 0 Å². The van der Waals surface area contributed by atoms with Gasteiger partial charge in [0.15, 0.2) is 6.29 Å². The second kappa shape index (κ2) is 19.9. The summed E-state index contributed by atoms with van der Waals surface area (Å²) in [7, 11) is -3.96.